The number of carbonyl (C=O) groups is 2. The molecule has 0 N–H and O–H groups in total. The lowest BCUT2D eigenvalue weighted by atomic mass is 10.2. The summed E-state index contributed by atoms with van der Waals surface area (Å²) in [6, 6.07) is 0. The van der Waals surface area contributed by atoms with Gasteiger partial charge in [0.1, 0.15) is 6.54 Å². The number of carbonyl (C=O) groups excluding carboxylic acids is 2. The van der Waals surface area contributed by atoms with Crippen molar-refractivity contribution in [1.29, 1.82) is 0 Å². The third kappa shape index (κ3) is 3.43. The average Bonchev–Trinajstić information content (AvgIpc) is 2.96. The number of hydrogen-bond donors (Lipinski definition) is 0. The van der Waals surface area contributed by atoms with Gasteiger partial charge in [0.2, 0.25) is 11.8 Å². The highest BCUT2D eigenvalue weighted by Crippen LogP contribution is 2.12. The van der Waals surface area contributed by atoms with Gasteiger partial charge in [-0.2, -0.15) is 0 Å². The first-order chi connectivity index (χ1) is 8.66. The molecule has 0 radical (unpaired) electrons. The standard InChI is InChI=1S/C12H20N2O4/c1-13-9-14(7-12(13)16)11(15)4-6-17-8-10-3-2-5-18-10/h10H,2-9H2,1H3. The van der Waals surface area contributed by atoms with E-state index in [1.54, 1.807) is 16.8 Å². The van der Waals surface area contributed by atoms with Crippen molar-refractivity contribution in [2.24, 2.45) is 0 Å². The monoisotopic (exact) mass is 256 g/mol. The van der Waals surface area contributed by atoms with E-state index in [1.807, 2.05) is 0 Å². The Morgan fingerprint density at radius 2 is 2.39 bits per heavy atom. The molecular formula is C12H20N2O4. The second kappa shape index (κ2) is 6.15. The fraction of sp³-hybridized carbons (Fsp3) is 0.833. The molecular weight excluding hydrogens is 236 g/mol. The van der Waals surface area contributed by atoms with Crippen molar-refractivity contribution >= 4 is 11.8 Å². The van der Waals surface area contributed by atoms with Crippen molar-refractivity contribution in [3.8, 4) is 0 Å². The summed E-state index contributed by atoms with van der Waals surface area (Å²) in [7, 11) is 1.70. The van der Waals surface area contributed by atoms with Crippen molar-refractivity contribution in [3.05, 3.63) is 0 Å². The second-order valence-corrected chi connectivity index (χ2v) is 4.78. The van der Waals surface area contributed by atoms with E-state index in [1.165, 1.54) is 0 Å². The minimum absolute atomic E-state index is 0.0105. The van der Waals surface area contributed by atoms with E-state index in [0.717, 1.165) is 19.4 Å². The zero-order chi connectivity index (χ0) is 13.0. The maximum atomic E-state index is 11.8. The minimum Gasteiger partial charge on any atom is -0.378 e. The highest BCUT2D eigenvalue weighted by Gasteiger charge is 2.27. The van der Waals surface area contributed by atoms with Crippen LogP contribution in [0.5, 0.6) is 0 Å². The predicted octanol–water partition coefficient (Wildman–Crippen LogP) is -0.170. The summed E-state index contributed by atoms with van der Waals surface area (Å²) in [5.74, 6) is -0.0383. The van der Waals surface area contributed by atoms with Gasteiger partial charge in [-0.25, -0.2) is 0 Å². The third-order valence-corrected chi connectivity index (χ3v) is 3.28. The van der Waals surface area contributed by atoms with E-state index in [-0.39, 0.29) is 24.5 Å². The molecule has 0 saturated carbocycles. The SMILES string of the molecule is CN1CN(C(=O)CCOCC2CCCO2)CC1=O. The summed E-state index contributed by atoms with van der Waals surface area (Å²) in [6.45, 7) is 2.36. The molecule has 2 amide bonds. The van der Waals surface area contributed by atoms with Gasteiger partial charge < -0.3 is 19.3 Å². The summed E-state index contributed by atoms with van der Waals surface area (Å²) in [5, 5.41) is 0. The van der Waals surface area contributed by atoms with Gasteiger partial charge in [-0.3, -0.25) is 9.59 Å². The fourth-order valence-electron chi connectivity index (χ4n) is 2.14. The summed E-state index contributed by atoms with van der Waals surface area (Å²) >= 11 is 0. The van der Waals surface area contributed by atoms with Crippen LogP contribution in [0.4, 0.5) is 0 Å². The first-order valence-electron chi connectivity index (χ1n) is 6.38. The molecule has 2 aliphatic rings. The van der Waals surface area contributed by atoms with Gasteiger partial charge >= 0.3 is 0 Å². The Balaban J connectivity index is 1.58. The molecule has 0 aromatic heterocycles. The number of ether oxygens (including phenoxy) is 2. The lowest BCUT2D eigenvalue weighted by molar-refractivity contribution is -0.133. The van der Waals surface area contributed by atoms with Crippen LogP contribution in [-0.4, -0.2) is 67.8 Å². The summed E-state index contributed by atoms with van der Waals surface area (Å²) < 4.78 is 10.8. The largest absolute Gasteiger partial charge is 0.378 e. The molecule has 0 aliphatic carbocycles. The number of nitrogens with zero attached hydrogens (tertiary/aromatic N) is 2. The van der Waals surface area contributed by atoms with Gasteiger partial charge in [0.05, 0.1) is 32.4 Å². The highest BCUT2D eigenvalue weighted by atomic mass is 16.5. The van der Waals surface area contributed by atoms with Crippen molar-refractivity contribution < 1.29 is 19.1 Å². The number of hydrogen-bond acceptors (Lipinski definition) is 4. The van der Waals surface area contributed by atoms with E-state index < -0.39 is 0 Å². The van der Waals surface area contributed by atoms with Gasteiger partial charge in [0, 0.05) is 13.7 Å². The van der Waals surface area contributed by atoms with E-state index >= 15 is 0 Å². The highest BCUT2D eigenvalue weighted by molar-refractivity contribution is 5.87. The van der Waals surface area contributed by atoms with Gasteiger partial charge in [0.25, 0.3) is 0 Å². The van der Waals surface area contributed by atoms with Crippen molar-refractivity contribution in [2.75, 3.05) is 40.1 Å². The first-order valence-corrected chi connectivity index (χ1v) is 6.38. The van der Waals surface area contributed by atoms with Gasteiger partial charge in [0.15, 0.2) is 0 Å². The van der Waals surface area contributed by atoms with Crippen LogP contribution in [0.3, 0.4) is 0 Å². The van der Waals surface area contributed by atoms with Gasteiger partial charge in [-0.05, 0) is 12.8 Å². The second-order valence-electron chi connectivity index (χ2n) is 4.78. The Kier molecular flexibility index (Phi) is 4.54. The van der Waals surface area contributed by atoms with Crippen LogP contribution in [0.1, 0.15) is 19.3 Å². The molecule has 2 fully saturated rings. The normalized spacial score (nSPS) is 24.1. The van der Waals surface area contributed by atoms with Crippen LogP contribution in [0.15, 0.2) is 0 Å². The van der Waals surface area contributed by atoms with Crippen LogP contribution < -0.4 is 0 Å². The molecule has 102 valence electrons. The zero-order valence-electron chi connectivity index (χ0n) is 10.8. The van der Waals surface area contributed by atoms with Gasteiger partial charge in [-0.15, -0.1) is 0 Å². The van der Waals surface area contributed by atoms with Gasteiger partial charge in [-0.1, -0.05) is 0 Å². The van der Waals surface area contributed by atoms with E-state index in [2.05, 4.69) is 0 Å². The number of rotatable bonds is 5. The molecule has 18 heavy (non-hydrogen) atoms. The molecule has 6 nitrogen and oxygen atoms in total. The maximum Gasteiger partial charge on any atom is 0.243 e. The Hall–Kier alpha value is -1.14. The molecule has 0 spiro atoms. The fourth-order valence-corrected chi connectivity index (χ4v) is 2.14. The van der Waals surface area contributed by atoms with Crippen molar-refractivity contribution in [1.82, 2.24) is 9.80 Å². The quantitative estimate of drug-likeness (QED) is 0.641. The van der Waals surface area contributed by atoms with E-state index in [4.69, 9.17) is 9.47 Å². The molecule has 2 heterocycles. The summed E-state index contributed by atoms with van der Waals surface area (Å²) in [4.78, 5) is 26.1. The Morgan fingerprint density at radius 1 is 1.56 bits per heavy atom. The topological polar surface area (TPSA) is 59.1 Å². The molecule has 1 atom stereocenters. The molecule has 1 unspecified atom stereocenters. The first kappa shape index (κ1) is 13.3. The molecule has 2 saturated heterocycles. The van der Waals surface area contributed by atoms with Crippen LogP contribution in [0.2, 0.25) is 0 Å². The van der Waals surface area contributed by atoms with Crippen molar-refractivity contribution in [3.63, 3.8) is 0 Å². The smallest absolute Gasteiger partial charge is 0.243 e. The predicted molar refractivity (Wildman–Crippen MR) is 63.8 cm³/mol. The average molecular weight is 256 g/mol. The molecule has 0 aromatic rings. The Labute approximate surface area is 107 Å². The minimum atomic E-state index is -0.0277. The van der Waals surface area contributed by atoms with Crippen LogP contribution in [0, 0.1) is 0 Å². The molecule has 2 aliphatic heterocycles. The van der Waals surface area contributed by atoms with E-state index in [9.17, 15) is 9.59 Å². The van der Waals surface area contributed by atoms with Crippen LogP contribution in [-0.2, 0) is 19.1 Å². The van der Waals surface area contributed by atoms with Crippen molar-refractivity contribution in [2.45, 2.75) is 25.4 Å². The number of amides is 2. The lowest BCUT2D eigenvalue weighted by Crippen LogP contribution is -2.31. The Morgan fingerprint density at radius 3 is 3.00 bits per heavy atom. The molecule has 0 bridgehead atoms. The van der Waals surface area contributed by atoms with E-state index in [0.29, 0.717) is 26.3 Å². The molecule has 6 heteroatoms. The maximum absolute atomic E-state index is 11.8. The summed E-state index contributed by atoms with van der Waals surface area (Å²) in [6.07, 6.45) is 2.65. The third-order valence-electron chi connectivity index (χ3n) is 3.28. The van der Waals surface area contributed by atoms with Crippen LogP contribution >= 0.6 is 0 Å². The summed E-state index contributed by atoms with van der Waals surface area (Å²) in [5.41, 5.74) is 0. The molecule has 0 aromatic carbocycles. The number of likely N-dealkylation sites (N-methyl/N-ethyl adjacent to an activating group) is 1. The molecule has 2 rings (SSSR count). The lowest BCUT2D eigenvalue weighted by Gasteiger charge is -2.15. The van der Waals surface area contributed by atoms with Crippen LogP contribution in [0.25, 0.3) is 0 Å². The zero-order valence-corrected chi connectivity index (χ0v) is 10.8. The Bertz CT molecular complexity index is 315.